The van der Waals surface area contributed by atoms with Crippen molar-refractivity contribution in [1.29, 1.82) is 0 Å². The van der Waals surface area contributed by atoms with Gasteiger partial charge in [0.15, 0.2) is 0 Å². The van der Waals surface area contributed by atoms with Gasteiger partial charge in [0.2, 0.25) is 0 Å². The lowest BCUT2D eigenvalue weighted by molar-refractivity contribution is 0.0766. The van der Waals surface area contributed by atoms with Crippen LogP contribution in [0.5, 0.6) is 5.75 Å². The van der Waals surface area contributed by atoms with Crippen LogP contribution in [-0.2, 0) is 0 Å². The molecule has 1 N–H and O–H groups in total. The molecule has 0 radical (unpaired) electrons. The summed E-state index contributed by atoms with van der Waals surface area (Å²) in [5, 5.41) is 3.27. The fraction of sp³-hybridized carbons (Fsp3) is 0.318. The quantitative estimate of drug-likeness (QED) is 0.807. The molecule has 2 aromatic rings. The Morgan fingerprint density at radius 1 is 1.00 bits per heavy atom. The van der Waals surface area contributed by atoms with Crippen molar-refractivity contribution in [1.82, 2.24) is 10.2 Å². The predicted molar refractivity (Wildman–Crippen MR) is 109 cm³/mol. The Balaban J connectivity index is 1.59. The van der Waals surface area contributed by atoms with E-state index in [-0.39, 0.29) is 17.4 Å². The summed E-state index contributed by atoms with van der Waals surface area (Å²) in [5.74, 6) is -0.238. The van der Waals surface area contributed by atoms with Crippen LogP contribution in [0.3, 0.4) is 0 Å². The molecule has 0 aliphatic carbocycles. The number of nitrogens with zero attached hydrogens (tertiary/aromatic N) is 2. The summed E-state index contributed by atoms with van der Waals surface area (Å²) >= 11 is 0. The van der Waals surface area contributed by atoms with Crippen LogP contribution in [0.2, 0.25) is 0 Å². The molecule has 4 rings (SSSR count). The molecule has 0 unspecified atom stereocenters. The third-order valence-corrected chi connectivity index (χ3v) is 5.17. The van der Waals surface area contributed by atoms with Crippen LogP contribution in [0.4, 0.5) is 5.69 Å². The number of hydrogen-bond acceptors (Lipinski definition) is 5. The molecule has 3 amide bonds. The molecule has 0 saturated carbocycles. The van der Waals surface area contributed by atoms with E-state index in [4.69, 9.17) is 4.74 Å². The minimum atomic E-state index is -0.415. The first-order valence-corrected chi connectivity index (χ1v) is 9.86. The number of amides is 3. The molecule has 1 saturated heterocycles. The number of imide groups is 1. The molecule has 0 bridgehead atoms. The van der Waals surface area contributed by atoms with Crippen molar-refractivity contribution < 1.29 is 19.1 Å². The maximum Gasteiger partial charge on any atom is 0.266 e. The van der Waals surface area contributed by atoms with Crippen molar-refractivity contribution in [3.05, 3.63) is 59.2 Å². The molecule has 29 heavy (non-hydrogen) atoms. The van der Waals surface area contributed by atoms with Crippen molar-refractivity contribution in [2.24, 2.45) is 0 Å². The number of carbonyl (C=O) groups excluding carboxylic acids is 3. The lowest BCUT2D eigenvalue weighted by Crippen LogP contribution is -2.34. The van der Waals surface area contributed by atoms with Gasteiger partial charge in [-0.15, -0.1) is 0 Å². The van der Waals surface area contributed by atoms with Gasteiger partial charge in [-0.2, -0.15) is 0 Å². The van der Waals surface area contributed by atoms with Crippen LogP contribution in [0.15, 0.2) is 42.5 Å². The van der Waals surface area contributed by atoms with Crippen LogP contribution in [0.1, 0.15) is 44.4 Å². The smallest absolute Gasteiger partial charge is 0.266 e. The van der Waals surface area contributed by atoms with Gasteiger partial charge in [0.05, 0.1) is 23.4 Å². The summed E-state index contributed by atoms with van der Waals surface area (Å²) in [6.07, 6.45) is 0.889. The maximum atomic E-state index is 13.0. The van der Waals surface area contributed by atoms with Crippen LogP contribution in [0.25, 0.3) is 0 Å². The van der Waals surface area contributed by atoms with Crippen LogP contribution < -0.4 is 15.0 Å². The number of benzene rings is 2. The highest BCUT2D eigenvalue weighted by Crippen LogP contribution is 2.30. The van der Waals surface area contributed by atoms with Crippen LogP contribution in [0, 0.1) is 0 Å². The molecule has 0 spiro atoms. The molecular weight excluding hydrogens is 370 g/mol. The van der Waals surface area contributed by atoms with Crippen molar-refractivity contribution in [2.45, 2.75) is 13.3 Å². The van der Waals surface area contributed by atoms with Gasteiger partial charge in [-0.25, -0.2) is 4.90 Å². The van der Waals surface area contributed by atoms with Crippen molar-refractivity contribution in [3.8, 4) is 5.75 Å². The first-order chi connectivity index (χ1) is 14.1. The zero-order valence-electron chi connectivity index (χ0n) is 16.3. The SMILES string of the molecule is CCOc1ccc(N2C(=O)c3ccc(C(=O)N4CCCNCC4)cc3C2=O)cc1. The van der Waals surface area contributed by atoms with E-state index in [2.05, 4.69) is 5.32 Å². The van der Waals surface area contributed by atoms with Gasteiger partial charge < -0.3 is 15.0 Å². The fourth-order valence-electron chi connectivity index (χ4n) is 3.70. The third-order valence-electron chi connectivity index (χ3n) is 5.17. The Hall–Kier alpha value is -3.19. The van der Waals surface area contributed by atoms with E-state index in [1.165, 1.54) is 0 Å². The lowest BCUT2D eigenvalue weighted by atomic mass is 10.0. The molecule has 0 aromatic heterocycles. The minimum Gasteiger partial charge on any atom is -0.494 e. The molecule has 2 aromatic carbocycles. The van der Waals surface area contributed by atoms with E-state index in [9.17, 15) is 14.4 Å². The largest absolute Gasteiger partial charge is 0.494 e. The number of nitrogens with one attached hydrogen (secondary N) is 1. The Labute approximate surface area is 169 Å². The number of anilines is 1. The van der Waals surface area contributed by atoms with Gasteiger partial charge >= 0.3 is 0 Å². The molecular formula is C22H23N3O4. The monoisotopic (exact) mass is 393 g/mol. The Kier molecular flexibility index (Phi) is 5.31. The first kappa shape index (κ1) is 19.1. The third kappa shape index (κ3) is 3.61. The number of fused-ring (bicyclic) bond motifs is 1. The molecule has 2 heterocycles. The molecule has 7 heteroatoms. The molecule has 7 nitrogen and oxygen atoms in total. The second-order valence-electron chi connectivity index (χ2n) is 7.03. The summed E-state index contributed by atoms with van der Waals surface area (Å²) in [4.78, 5) is 41.6. The van der Waals surface area contributed by atoms with E-state index in [0.29, 0.717) is 42.3 Å². The van der Waals surface area contributed by atoms with E-state index in [1.807, 2.05) is 6.92 Å². The van der Waals surface area contributed by atoms with Crippen molar-refractivity contribution >= 4 is 23.4 Å². The Bertz CT molecular complexity index is 947. The molecule has 1 fully saturated rings. The summed E-state index contributed by atoms with van der Waals surface area (Å²) < 4.78 is 5.41. The van der Waals surface area contributed by atoms with Crippen LogP contribution in [-0.4, -0.2) is 55.4 Å². The summed E-state index contributed by atoms with van der Waals surface area (Å²) in [7, 11) is 0. The number of carbonyl (C=O) groups is 3. The van der Waals surface area contributed by atoms with Crippen molar-refractivity contribution in [3.63, 3.8) is 0 Å². The average molecular weight is 393 g/mol. The van der Waals surface area contributed by atoms with E-state index >= 15 is 0 Å². The minimum absolute atomic E-state index is 0.115. The molecule has 2 aliphatic rings. The lowest BCUT2D eigenvalue weighted by Gasteiger charge is -2.20. The molecule has 150 valence electrons. The number of hydrogen-bond donors (Lipinski definition) is 1. The van der Waals surface area contributed by atoms with E-state index < -0.39 is 5.91 Å². The summed E-state index contributed by atoms with van der Waals surface area (Å²) in [6.45, 7) is 5.36. The highest BCUT2D eigenvalue weighted by molar-refractivity contribution is 6.34. The second kappa shape index (κ2) is 8.05. The van der Waals surface area contributed by atoms with Gasteiger partial charge in [0.1, 0.15) is 5.75 Å². The van der Waals surface area contributed by atoms with Crippen LogP contribution >= 0.6 is 0 Å². The van der Waals surface area contributed by atoms with Gasteiger partial charge in [-0.05, 0) is 62.4 Å². The van der Waals surface area contributed by atoms with Gasteiger partial charge in [0, 0.05) is 25.2 Å². The second-order valence-corrected chi connectivity index (χ2v) is 7.03. The van der Waals surface area contributed by atoms with Crippen molar-refractivity contribution in [2.75, 3.05) is 37.7 Å². The van der Waals surface area contributed by atoms with Gasteiger partial charge in [0.25, 0.3) is 17.7 Å². The number of ether oxygens (including phenoxy) is 1. The first-order valence-electron chi connectivity index (χ1n) is 9.86. The van der Waals surface area contributed by atoms with E-state index in [1.54, 1.807) is 47.4 Å². The Morgan fingerprint density at radius 2 is 1.76 bits per heavy atom. The topological polar surface area (TPSA) is 79.0 Å². The zero-order valence-corrected chi connectivity index (χ0v) is 16.3. The predicted octanol–water partition coefficient (Wildman–Crippen LogP) is 2.32. The zero-order chi connectivity index (χ0) is 20.4. The normalized spacial score (nSPS) is 16.6. The summed E-state index contributed by atoms with van der Waals surface area (Å²) in [6, 6.07) is 11.6. The summed E-state index contributed by atoms with van der Waals surface area (Å²) in [5.41, 5.74) is 1.49. The van der Waals surface area contributed by atoms with E-state index in [0.717, 1.165) is 24.4 Å². The Morgan fingerprint density at radius 3 is 2.52 bits per heavy atom. The standard InChI is InChI=1S/C22H23N3O4/c1-2-29-17-7-5-16(6-8-17)25-21(27)18-9-4-15(14-19(18)22(25)28)20(26)24-12-3-10-23-11-13-24/h4-9,14,23H,2-3,10-13H2,1H3. The molecule has 0 atom stereocenters. The maximum absolute atomic E-state index is 13.0. The average Bonchev–Trinajstić information content (AvgIpc) is 2.92. The van der Waals surface area contributed by atoms with Gasteiger partial charge in [-0.3, -0.25) is 14.4 Å². The fourth-order valence-corrected chi connectivity index (χ4v) is 3.70. The highest BCUT2D eigenvalue weighted by atomic mass is 16.5. The number of rotatable bonds is 4. The molecule has 2 aliphatic heterocycles. The highest BCUT2D eigenvalue weighted by Gasteiger charge is 2.37. The van der Waals surface area contributed by atoms with Gasteiger partial charge in [-0.1, -0.05) is 0 Å².